The standard InChI is InChI=1S/C18H19N3O5/c1-4-26-18(25)17-11(2)20-21(12(17)3)14-7-5-13(6-8-14)19-15(22)9-10-16(23)24/h5-10H,4H2,1-3H3,(H,19,22)(H,23,24). The number of aromatic nitrogens is 2. The van der Waals surface area contributed by atoms with E-state index in [2.05, 4.69) is 10.4 Å². The van der Waals surface area contributed by atoms with Crippen LogP contribution in [-0.4, -0.2) is 39.3 Å². The lowest BCUT2D eigenvalue weighted by atomic mass is 10.2. The van der Waals surface area contributed by atoms with E-state index in [0.717, 1.165) is 12.2 Å². The zero-order valence-corrected chi connectivity index (χ0v) is 14.6. The average Bonchev–Trinajstić information content (AvgIpc) is 2.88. The first kappa shape index (κ1) is 18.9. The van der Waals surface area contributed by atoms with Gasteiger partial charge in [0.15, 0.2) is 0 Å². The first-order valence-electron chi connectivity index (χ1n) is 7.89. The topological polar surface area (TPSA) is 111 Å². The molecule has 136 valence electrons. The second-order valence-electron chi connectivity index (χ2n) is 5.39. The van der Waals surface area contributed by atoms with Crippen LogP contribution in [0, 0.1) is 13.8 Å². The van der Waals surface area contributed by atoms with Crippen LogP contribution in [0.2, 0.25) is 0 Å². The van der Waals surface area contributed by atoms with E-state index >= 15 is 0 Å². The number of anilines is 1. The summed E-state index contributed by atoms with van der Waals surface area (Å²) in [4.78, 5) is 34.0. The molecule has 0 aliphatic rings. The molecule has 0 bridgehead atoms. The number of esters is 1. The van der Waals surface area contributed by atoms with E-state index in [1.54, 1.807) is 49.7 Å². The number of carbonyl (C=O) groups is 3. The minimum atomic E-state index is -1.20. The number of hydrogen-bond donors (Lipinski definition) is 2. The van der Waals surface area contributed by atoms with Crippen molar-refractivity contribution in [2.24, 2.45) is 0 Å². The van der Waals surface area contributed by atoms with Gasteiger partial charge in [0, 0.05) is 17.8 Å². The van der Waals surface area contributed by atoms with Crippen LogP contribution in [0.25, 0.3) is 5.69 Å². The number of amides is 1. The first-order valence-corrected chi connectivity index (χ1v) is 7.89. The zero-order chi connectivity index (χ0) is 19.3. The molecule has 0 saturated carbocycles. The molecule has 2 aromatic rings. The van der Waals surface area contributed by atoms with E-state index in [4.69, 9.17) is 9.84 Å². The Kier molecular flexibility index (Phi) is 5.90. The Morgan fingerprint density at radius 1 is 1.19 bits per heavy atom. The first-order chi connectivity index (χ1) is 12.3. The van der Waals surface area contributed by atoms with Gasteiger partial charge in [-0.25, -0.2) is 14.3 Å². The third kappa shape index (κ3) is 4.35. The summed E-state index contributed by atoms with van der Waals surface area (Å²) in [5.74, 6) is -2.16. The van der Waals surface area contributed by atoms with Crippen molar-refractivity contribution in [3.8, 4) is 5.69 Å². The molecule has 2 N–H and O–H groups in total. The fraction of sp³-hybridized carbons (Fsp3) is 0.222. The summed E-state index contributed by atoms with van der Waals surface area (Å²) in [6, 6.07) is 6.76. The summed E-state index contributed by atoms with van der Waals surface area (Å²) in [7, 11) is 0. The number of nitrogens with one attached hydrogen (secondary N) is 1. The van der Waals surface area contributed by atoms with Crippen molar-refractivity contribution in [1.82, 2.24) is 9.78 Å². The van der Waals surface area contributed by atoms with Gasteiger partial charge in [0.1, 0.15) is 5.56 Å². The molecule has 0 atom stereocenters. The molecule has 1 amide bonds. The Labute approximate surface area is 150 Å². The fourth-order valence-electron chi connectivity index (χ4n) is 2.41. The molecule has 0 aliphatic heterocycles. The van der Waals surface area contributed by atoms with Gasteiger partial charge in [-0.15, -0.1) is 0 Å². The highest BCUT2D eigenvalue weighted by molar-refractivity contribution is 6.02. The van der Waals surface area contributed by atoms with Crippen molar-refractivity contribution in [1.29, 1.82) is 0 Å². The quantitative estimate of drug-likeness (QED) is 0.606. The minimum absolute atomic E-state index is 0.285. The van der Waals surface area contributed by atoms with Crippen molar-refractivity contribution in [2.45, 2.75) is 20.8 Å². The Balaban J connectivity index is 2.21. The van der Waals surface area contributed by atoms with Crippen LogP contribution in [0.5, 0.6) is 0 Å². The number of carboxylic acids is 1. The molecule has 0 aliphatic carbocycles. The number of hydrogen-bond acceptors (Lipinski definition) is 5. The molecule has 8 heteroatoms. The highest BCUT2D eigenvalue weighted by Gasteiger charge is 2.20. The van der Waals surface area contributed by atoms with Gasteiger partial charge in [-0.1, -0.05) is 0 Å². The number of carboxylic acid groups (broad SMARTS) is 1. The van der Waals surface area contributed by atoms with Crippen LogP contribution in [0.4, 0.5) is 5.69 Å². The Morgan fingerprint density at radius 3 is 2.42 bits per heavy atom. The second-order valence-corrected chi connectivity index (χ2v) is 5.39. The van der Waals surface area contributed by atoms with E-state index in [1.807, 2.05) is 0 Å². The third-order valence-electron chi connectivity index (χ3n) is 3.53. The Morgan fingerprint density at radius 2 is 1.85 bits per heavy atom. The number of benzene rings is 1. The molecule has 8 nitrogen and oxygen atoms in total. The monoisotopic (exact) mass is 357 g/mol. The smallest absolute Gasteiger partial charge is 0.341 e. The zero-order valence-electron chi connectivity index (χ0n) is 14.6. The molecule has 1 aromatic carbocycles. The molecule has 2 rings (SSSR count). The molecule has 0 spiro atoms. The summed E-state index contributed by atoms with van der Waals surface area (Å²) < 4.78 is 6.68. The van der Waals surface area contributed by atoms with Crippen LogP contribution < -0.4 is 5.32 Å². The van der Waals surface area contributed by atoms with Gasteiger partial charge in [-0.3, -0.25) is 4.79 Å². The third-order valence-corrected chi connectivity index (χ3v) is 3.53. The molecule has 0 radical (unpaired) electrons. The lowest BCUT2D eigenvalue weighted by molar-refractivity contribution is -0.131. The normalized spacial score (nSPS) is 10.7. The van der Waals surface area contributed by atoms with Gasteiger partial charge in [0.05, 0.1) is 23.7 Å². The van der Waals surface area contributed by atoms with Crippen molar-refractivity contribution < 1.29 is 24.2 Å². The molecule has 1 heterocycles. The highest BCUT2D eigenvalue weighted by atomic mass is 16.5. The summed E-state index contributed by atoms with van der Waals surface area (Å²) in [5, 5.41) is 15.4. The van der Waals surface area contributed by atoms with Crippen LogP contribution in [-0.2, 0) is 14.3 Å². The van der Waals surface area contributed by atoms with Crippen molar-refractivity contribution in [2.75, 3.05) is 11.9 Å². The predicted octanol–water partition coefficient (Wildman–Crippen LogP) is 2.25. The number of nitrogens with zero attached hydrogens (tertiary/aromatic N) is 2. The van der Waals surface area contributed by atoms with Crippen LogP contribution >= 0.6 is 0 Å². The number of aryl methyl sites for hydroxylation is 1. The predicted molar refractivity (Wildman–Crippen MR) is 94.4 cm³/mol. The van der Waals surface area contributed by atoms with Gasteiger partial charge in [0.2, 0.25) is 5.91 Å². The van der Waals surface area contributed by atoms with Crippen molar-refractivity contribution in [3.63, 3.8) is 0 Å². The SMILES string of the molecule is CCOC(=O)c1c(C)nn(-c2ccc(NC(=O)C=CC(=O)O)cc2)c1C. The van der Waals surface area contributed by atoms with Gasteiger partial charge in [-0.2, -0.15) is 5.10 Å². The largest absolute Gasteiger partial charge is 0.478 e. The lowest BCUT2D eigenvalue weighted by Crippen LogP contribution is -2.09. The molecule has 1 aromatic heterocycles. The lowest BCUT2D eigenvalue weighted by Gasteiger charge is -2.07. The van der Waals surface area contributed by atoms with Gasteiger partial charge in [0.25, 0.3) is 0 Å². The minimum Gasteiger partial charge on any atom is -0.478 e. The maximum Gasteiger partial charge on any atom is 0.341 e. The second kappa shape index (κ2) is 8.11. The maximum atomic E-state index is 12.0. The number of carbonyl (C=O) groups excluding carboxylic acids is 2. The van der Waals surface area contributed by atoms with E-state index in [1.165, 1.54) is 0 Å². The summed E-state index contributed by atoms with van der Waals surface area (Å²) >= 11 is 0. The Hall–Kier alpha value is -3.42. The Bertz CT molecular complexity index is 866. The van der Waals surface area contributed by atoms with Gasteiger partial charge >= 0.3 is 11.9 Å². The molecule has 0 saturated heterocycles. The summed E-state index contributed by atoms with van der Waals surface area (Å²) in [6.07, 6.45) is 1.69. The number of ether oxygens (including phenoxy) is 1. The number of aliphatic carboxylic acids is 1. The molecule has 0 unspecified atom stereocenters. The maximum absolute atomic E-state index is 12.0. The van der Waals surface area contributed by atoms with Crippen LogP contribution in [0.15, 0.2) is 36.4 Å². The van der Waals surface area contributed by atoms with Crippen LogP contribution in [0.1, 0.15) is 28.7 Å². The summed E-state index contributed by atoms with van der Waals surface area (Å²) in [5.41, 5.74) is 2.86. The van der Waals surface area contributed by atoms with Gasteiger partial charge in [-0.05, 0) is 45.0 Å². The highest BCUT2D eigenvalue weighted by Crippen LogP contribution is 2.20. The van der Waals surface area contributed by atoms with Crippen LogP contribution in [0.3, 0.4) is 0 Å². The summed E-state index contributed by atoms with van der Waals surface area (Å²) in [6.45, 7) is 5.54. The van der Waals surface area contributed by atoms with E-state index in [-0.39, 0.29) is 6.61 Å². The average molecular weight is 357 g/mol. The molecular formula is C18H19N3O5. The molecular weight excluding hydrogens is 338 g/mol. The van der Waals surface area contributed by atoms with Crippen molar-refractivity contribution >= 4 is 23.5 Å². The number of rotatable bonds is 6. The molecule has 0 fully saturated rings. The van der Waals surface area contributed by atoms with E-state index in [0.29, 0.717) is 28.3 Å². The van der Waals surface area contributed by atoms with E-state index in [9.17, 15) is 14.4 Å². The molecule has 26 heavy (non-hydrogen) atoms. The van der Waals surface area contributed by atoms with Crippen molar-refractivity contribution in [3.05, 3.63) is 53.4 Å². The van der Waals surface area contributed by atoms with Gasteiger partial charge < -0.3 is 15.2 Å². The van der Waals surface area contributed by atoms with E-state index < -0.39 is 17.8 Å². The fourth-order valence-corrected chi connectivity index (χ4v) is 2.41.